The Morgan fingerprint density at radius 1 is 1.16 bits per heavy atom. The standard InChI is InChI=1S/C16H12Cl2N6O/c17-13-8-4-7-12(15(13)18)9-19-20-14(25)10-24-22-16(21-23-24)11-5-2-1-3-6-11/h1-9H,10H2,(H,20,25)/b19-9-. The second kappa shape index (κ2) is 7.87. The van der Waals surface area contributed by atoms with Crippen LogP contribution < -0.4 is 5.43 Å². The van der Waals surface area contributed by atoms with Crippen molar-refractivity contribution in [2.24, 2.45) is 5.10 Å². The molecule has 0 saturated heterocycles. The van der Waals surface area contributed by atoms with Gasteiger partial charge in [-0.25, -0.2) is 5.43 Å². The van der Waals surface area contributed by atoms with Crippen molar-refractivity contribution in [1.82, 2.24) is 25.6 Å². The van der Waals surface area contributed by atoms with Gasteiger partial charge in [0.2, 0.25) is 5.82 Å². The summed E-state index contributed by atoms with van der Waals surface area (Å²) in [6.45, 7) is -0.111. The molecule has 0 aliphatic rings. The van der Waals surface area contributed by atoms with Crippen LogP contribution in [0.15, 0.2) is 53.6 Å². The third-order valence-electron chi connectivity index (χ3n) is 3.14. The zero-order chi connectivity index (χ0) is 17.6. The number of halogens is 2. The van der Waals surface area contributed by atoms with Crippen molar-refractivity contribution in [2.75, 3.05) is 0 Å². The molecule has 0 fully saturated rings. The van der Waals surface area contributed by atoms with Crippen LogP contribution in [-0.4, -0.2) is 32.3 Å². The number of carbonyl (C=O) groups excluding carboxylic acids is 1. The van der Waals surface area contributed by atoms with E-state index in [9.17, 15) is 4.79 Å². The molecule has 0 spiro atoms. The number of nitrogens with one attached hydrogen (secondary N) is 1. The van der Waals surface area contributed by atoms with Crippen LogP contribution >= 0.6 is 23.2 Å². The number of hydrogen-bond donors (Lipinski definition) is 1. The van der Waals surface area contributed by atoms with Crippen molar-refractivity contribution in [3.63, 3.8) is 0 Å². The Kier molecular flexibility index (Phi) is 5.37. The lowest BCUT2D eigenvalue weighted by Gasteiger charge is -2.00. The van der Waals surface area contributed by atoms with Gasteiger partial charge in [-0.15, -0.1) is 10.2 Å². The number of tetrazole rings is 1. The lowest BCUT2D eigenvalue weighted by atomic mass is 10.2. The van der Waals surface area contributed by atoms with Gasteiger partial charge in [0.05, 0.1) is 16.3 Å². The topological polar surface area (TPSA) is 85.1 Å². The predicted molar refractivity (Wildman–Crippen MR) is 95.5 cm³/mol. The minimum Gasteiger partial charge on any atom is -0.271 e. The number of carbonyl (C=O) groups is 1. The smallest absolute Gasteiger partial charge is 0.263 e. The van der Waals surface area contributed by atoms with Gasteiger partial charge in [-0.05, 0) is 11.3 Å². The van der Waals surface area contributed by atoms with E-state index in [2.05, 4.69) is 25.9 Å². The Labute approximate surface area is 153 Å². The molecule has 0 aliphatic heterocycles. The number of hydrazone groups is 1. The summed E-state index contributed by atoms with van der Waals surface area (Å²) in [5, 5.41) is 16.6. The van der Waals surface area contributed by atoms with Gasteiger partial charge in [0.1, 0.15) is 6.54 Å². The van der Waals surface area contributed by atoms with Crippen molar-refractivity contribution in [3.8, 4) is 11.4 Å². The van der Waals surface area contributed by atoms with Crippen LogP contribution in [0.1, 0.15) is 5.56 Å². The molecule has 9 heteroatoms. The first-order chi connectivity index (χ1) is 12.1. The van der Waals surface area contributed by atoms with Crippen LogP contribution in [0.3, 0.4) is 0 Å². The quantitative estimate of drug-likeness (QED) is 0.549. The third kappa shape index (κ3) is 4.40. The van der Waals surface area contributed by atoms with E-state index >= 15 is 0 Å². The number of rotatable bonds is 5. The number of benzene rings is 2. The molecule has 0 unspecified atom stereocenters. The molecule has 0 radical (unpaired) electrons. The summed E-state index contributed by atoms with van der Waals surface area (Å²) in [7, 11) is 0. The molecule has 1 heterocycles. The average molecular weight is 375 g/mol. The lowest BCUT2D eigenvalue weighted by Crippen LogP contribution is -2.24. The number of amides is 1. The SMILES string of the molecule is O=C(Cn1nnc(-c2ccccc2)n1)N/N=C\c1cccc(Cl)c1Cl. The molecule has 7 nitrogen and oxygen atoms in total. The van der Waals surface area contributed by atoms with E-state index in [0.717, 1.165) is 5.56 Å². The van der Waals surface area contributed by atoms with Crippen molar-refractivity contribution in [1.29, 1.82) is 0 Å². The molecule has 0 atom stereocenters. The first-order valence-electron chi connectivity index (χ1n) is 7.22. The van der Waals surface area contributed by atoms with Gasteiger partial charge in [0, 0.05) is 11.1 Å². The summed E-state index contributed by atoms with van der Waals surface area (Å²) < 4.78 is 0. The Morgan fingerprint density at radius 2 is 1.96 bits per heavy atom. The predicted octanol–water partition coefficient (Wildman–Crippen LogP) is 2.80. The Morgan fingerprint density at radius 3 is 2.76 bits per heavy atom. The van der Waals surface area contributed by atoms with Crippen LogP contribution in [0.4, 0.5) is 0 Å². The molecule has 1 aromatic heterocycles. The Hall–Kier alpha value is -2.77. The van der Waals surface area contributed by atoms with E-state index in [4.69, 9.17) is 23.2 Å². The van der Waals surface area contributed by atoms with E-state index in [-0.39, 0.29) is 6.54 Å². The average Bonchev–Trinajstić information content (AvgIpc) is 3.08. The first kappa shape index (κ1) is 17.1. The van der Waals surface area contributed by atoms with Crippen LogP contribution in [0.5, 0.6) is 0 Å². The lowest BCUT2D eigenvalue weighted by molar-refractivity contribution is -0.122. The van der Waals surface area contributed by atoms with Crippen LogP contribution in [0.25, 0.3) is 11.4 Å². The molecular formula is C16H12Cl2N6O. The molecule has 3 aromatic rings. The summed E-state index contributed by atoms with van der Waals surface area (Å²) in [5.41, 5.74) is 3.79. The van der Waals surface area contributed by atoms with Gasteiger partial charge in [0.25, 0.3) is 5.91 Å². The first-order valence-corrected chi connectivity index (χ1v) is 7.98. The maximum atomic E-state index is 11.9. The molecule has 3 rings (SSSR count). The van der Waals surface area contributed by atoms with Crippen LogP contribution in [0, 0.1) is 0 Å². The van der Waals surface area contributed by atoms with Crippen LogP contribution in [0.2, 0.25) is 10.0 Å². The summed E-state index contributed by atoms with van der Waals surface area (Å²) in [6.07, 6.45) is 1.41. The number of hydrogen-bond acceptors (Lipinski definition) is 5. The van der Waals surface area contributed by atoms with Crippen molar-refractivity contribution < 1.29 is 4.79 Å². The van der Waals surface area contributed by atoms with Gasteiger partial charge in [-0.2, -0.15) is 9.90 Å². The van der Waals surface area contributed by atoms with Crippen molar-refractivity contribution >= 4 is 35.3 Å². The van der Waals surface area contributed by atoms with Crippen LogP contribution in [-0.2, 0) is 11.3 Å². The second-order valence-electron chi connectivity index (χ2n) is 4.95. The second-order valence-corrected chi connectivity index (χ2v) is 5.73. The van der Waals surface area contributed by atoms with Crippen molar-refractivity contribution in [2.45, 2.75) is 6.54 Å². The largest absolute Gasteiger partial charge is 0.271 e. The zero-order valence-corrected chi connectivity index (χ0v) is 14.3. The monoisotopic (exact) mass is 374 g/mol. The molecule has 126 valence electrons. The normalized spacial score (nSPS) is 11.0. The molecular weight excluding hydrogens is 363 g/mol. The summed E-state index contributed by atoms with van der Waals surface area (Å²) in [6, 6.07) is 14.5. The highest BCUT2D eigenvalue weighted by Gasteiger charge is 2.08. The Balaban J connectivity index is 1.59. The van der Waals surface area contributed by atoms with Gasteiger partial charge >= 0.3 is 0 Å². The number of aromatic nitrogens is 4. The van der Waals surface area contributed by atoms with Gasteiger partial charge in [-0.1, -0.05) is 65.7 Å². The van der Waals surface area contributed by atoms with E-state index in [1.807, 2.05) is 30.3 Å². The highest BCUT2D eigenvalue weighted by atomic mass is 35.5. The van der Waals surface area contributed by atoms with E-state index in [1.54, 1.807) is 18.2 Å². The van der Waals surface area contributed by atoms with Crippen molar-refractivity contribution in [3.05, 3.63) is 64.1 Å². The fourth-order valence-corrected chi connectivity index (χ4v) is 2.33. The highest BCUT2D eigenvalue weighted by molar-refractivity contribution is 6.43. The van der Waals surface area contributed by atoms with E-state index in [0.29, 0.717) is 21.4 Å². The molecule has 1 amide bonds. The maximum absolute atomic E-state index is 11.9. The summed E-state index contributed by atoms with van der Waals surface area (Å²) in [4.78, 5) is 13.1. The van der Waals surface area contributed by atoms with Gasteiger partial charge in [0.15, 0.2) is 0 Å². The molecule has 2 aromatic carbocycles. The van der Waals surface area contributed by atoms with E-state index in [1.165, 1.54) is 11.0 Å². The molecule has 0 aliphatic carbocycles. The maximum Gasteiger partial charge on any atom is 0.263 e. The molecule has 0 bridgehead atoms. The van der Waals surface area contributed by atoms with Gasteiger partial charge < -0.3 is 0 Å². The minimum atomic E-state index is -0.397. The number of nitrogens with zero attached hydrogens (tertiary/aromatic N) is 5. The summed E-state index contributed by atoms with van der Waals surface area (Å²) in [5.74, 6) is 0.0500. The molecule has 0 saturated carbocycles. The van der Waals surface area contributed by atoms with Gasteiger partial charge in [-0.3, -0.25) is 4.79 Å². The fraction of sp³-hybridized carbons (Fsp3) is 0.0625. The molecule has 1 N–H and O–H groups in total. The molecule has 25 heavy (non-hydrogen) atoms. The summed E-state index contributed by atoms with van der Waals surface area (Å²) >= 11 is 11.9. The minimum absolute atomic E-state index is 0.111. The Bertz CT molecular complexity index is 910. The van der Waals surface area contributed by atoms with E-state index < -0.39 is 5.91 Å². The zero-order valence-electron chi connectivity index (χ0n) is 12.8. The third-order valence-corrected chi connectivity index (χ3v) is 3.98. The highest BCUT2D eigenvalue weighted by Crippen LogP contribution is 2.24. The fourth-order valence-electron chi connectivity index (χ4n) is 1.97.